The van der Waals surface area contributed by atoms with Crippen LogP contribution in [0, 0.1) is 5.82 Å². The van der Waals surface area contributed by atoms with Crippen molar-refractivity contribution in [1.29, 1.82) is 0 Å². The number of hydrogen-bond acceptors (Lipinski definition) is 4. The maximum absolute atomic E-state index is 13.1. The van der Waals surface area contributed by atoms with E-state index >= 15 is 0 Å². The molecule has 0 aliphatic carbocycles. The Morgan fingerprint density at radius 3 is 2.34 bits per heavy atom. The number of H-pyrrole nitrogens is 1. The molecule has 1 amide bonds. The molecule has 2 heterocycles. The molecule has 1 aliphatic rings. The largest absolute Gasteiger partial charge is 0.368 e. The van der Waals surface area contributed by atoms with Crippen LogP contribution in [0.25, 0.3) is 10.9 Å². The molecule has 150 valence electrons. The van der Waals surface area contributed by atoms with Crippen molar-refractivity contribution < 1.29 is 9.18 Å². The van der Waals surface area contributed by atoms with Gasteiger partial charge in [-0.1, -0.05) is 12.1 Å². The predicted molar refractivity (Wildman–Crippen MR) is 109 cm³/mol. The zero-order valence-electron chi connectivity index (χ0n) is 16.0. The van der Waals surface area contributed by atoms with Crippen LogP contribution in [0.4, 0.5) is 10.1 Å². The van der Waals surface area contributed by atoms with Crippen molar-refractivity contribution in [3.8, 4) is 0 Å². The number of amides is 1. The zero-order valence-corrected chi connectivity index (χ0v) is 16.0. The molecule has 1 N–H and O–H groups in total. The highest BCUT2D eigenvalue weighted by atomic mass is 19.1. The van der Waals surface area contributed by atoms with Crippen molar-refractivity contribution in [1.82, 2.24) is 14.5 Å². The molecule has 0 radical (unpaired) electrons. The highest BCUT2D eigenvalue weighted by molar-refractivity contribution is 5.81. The van der Waals surface area contributed by atoms with Crippen LogP contribution in [-0.4, -0.2) is 46.5 Å². The molecule has 0 saturated carbocycles. The van der Waals surface area contributed by atoms with Gasteiger partial charge in [-0.2, -0.15) is 0 Å². The van der Waals surface area contributed by atoms with Gasteiger partial charge in [0, 0.05) is 31.9 Å². The molecule has 1 atom stereocenters. The summed E-state index contributed by atoms with van der Waals surface area (Å²) in [6.45, 7) is 3.67. The van der Waals surface area contributed by atoms with Gasteiger partial charge in [0.1, 0.15) is 11.9 Å². The number of carbonyl (C=O) groups is 1. The summed E-state index contributed by atoms with van der Waals surface area (Å²) in [7, 11) is 0. The van der Waals surface area contributed by atoms with E-state index in [-0.39, 0.29) is 11.7 Å². The molecule has 2 aromatic carbocycles. The van der Waals surface area contributed by atoms with Crippen molar-refractivity contribution in [2.45, 2.75) is 13.0 Å². The second kappa shape index (κ2) is 7.54. The van der Waals surface area contributed by atoms with Crippen LogP contribution in [0.3, 0.4) is 0 Å². The first kappa shape index (κ1) is 18.9. The Kier molecular flexibility index (Phi) is 4.92. The third-order valence-corrected chi connectivity index (χ3v) is 5.36. The van der Waals surface area contributed by atoms with Gasteiger partial charge in [-0.3, -0.25) is 9.59 Å². The molecule has 29 heavy (non-hydrogen) atoms. The molecule has 4 rings (SSSR count). The van der Waals surface area contributed by atoms with E-state index in [1.54, 1.807) is 48.2 Å². The number of benzene rings is 2. The average molecular weight is 396 g/mol. The molecule has 3 aromatic rings. The summed E-state index contributed by atoms with van der Waals surface area (Å²) in [5.74, 6) is -0.561. The minimum atomic E-state index is -0.909. The number of piperazine rings is 1. The molecule has 1 fully saturated rings. The predicted octanol–water partition coefficient (Wildman–Crippen LogP) is 1.74. The van der Waals surface area contributed by atoms with Gasteiger partial charge in [0.2, 0.25) is 5.91 Å². The van der Waals surface area contributed by atoms with E-state index in [1.165, 1.54) is 12.1 Å². The van der Waals surface area contributed by atoms with Crippen LogP contribution >= 0.6 is 0 Å². The van der Waals surface area contributed by atoms with Gasteiger partial charge in [-0.05, 0) is 43.3 Å². The summed E-state index contributed by atoms with van der Waals surface area (Å²) >= 11 is 0. The van der Waals surface area contributed by atoms with Crippen molar-refractivity contribution in [3.63, 3.8) is 0 Å². The number of aromatic nitrogens is 2. The van der Waals surface area contributed by atoms with Gasteiger partial charge < -0.3 is 14.8 Å². The van der Waals surface area contributed by atoms with E-state index in [1.807, 2.05) is 0 Å². The van der Waals surface area contributed by atoms with Crippen LogP contribution in [0.2, 0.25) is 0 Å². The summed E-state index contributed by atoms with van der Waals surface area (Å²) in [4.78, 5) is 44.6. The van der Waals surface area contributed by atoms with Crippen molar-refractivity contribution in [2.24, 2.45) is 0 Å². The Bertz CT molecular complexity index is 1160. The minimum Gasteiger partial charge on any atom is -0.368 e. The first-order valence-corrected chi connectivity index (χ1v) is 9.48. The fourth-order valence-corrected chi connectivity index (χ4v) is 3.74. The number of para-hydroxylation sites is 1. The van der Waals surface area contributed by atoms with E-state index < -0.39 is 17.3 Å². The first-order chi connectivity index (χ1) is 14.0. The summed E-state index contributed by atoms with van der Waals surface area (Å²) in [6.07, 6.45) is 0. The number of hydrogen-bond donors (Lipinski definition) is 1. The lowest BCUT2D eigenvalue weighted by molar-refractivity contribution is -0.134. The average Bonchev–Trinajstić information content (AvgIpc) is 2.74. The van der Waals surface area contributed by atoms with E-state index in [0.717, 1.165) is 10.3 Å². The second-order valence-electron chi connectivity index (χ2n) is 7.12. The first-order valence-electron chi connectivity index (χ1n) is 9.48. The Hall–Kier alpha value is -3.42. The van der Waals surface area contributed by atoms with Gasteiger partial charge >= 0.3 is 5.69 Å². The van der Waals surface area contributed by atoms with Crippen LogP contribution in [0.1, 0.15) is 13.0 Å². The number of nitrogens with zero attached hydrogens (tertiary/aromatic N) is 3. The summed E-state index contributed by atoms with van der Waals surface area (Å²) in [5, 5.41) is 0.368. The SMILES string of the molecule is CC(C(=O)N1CCN(c2ccc(F)cc2)CC1)n1c(=O)[nH]c2ccccc2c1=O. The molecule has 0 bridgehead atoms. The number of nitrogens with one attached hydrogen (secondary N) is 1. The summed E-state index contributed by atoms with van der Waals surface area (Å²) < 4.78 is 14.1. The van der Waals surface area contributed by atoms with Gasteiger partial charge in [0.25, 0.3) is 5.56 Å². The standard InChI is InChI=1S/C21H21FN4O3/c1-14(26-20(28)17-4-2-3-5-18(17)23-21(26)29)19(27)25-12-10-24(11-13-25)16-8-6-15(22)7-9-16/h2-9,14H,10-13H2,1H3,(H,23,29). The molecule has 1 aliphatic heterocycles. The van der Waals surface area contributed by atoms with Crippen molar-refractivity contribution in [2.75, 3.05) is 31.1 Å². The van der Waals surface area contributed by atoms with E-state index in [9.17, 15) is 18.8 Å². The maximum atomic E-state index is 13.1. The Morgan fingerprint density at radius 1 is 1.00 bits per heavy atom. The highest BCUT2D eigenvalue weighted by Crippen LogP contribution is 2.18. The number of carbonyl (C=O) groups excluding carboxylic acids is 1. The van der Waals surface area contributed by atoms with Gasteiger partial charge in [0.15, 0.2) is 0 Å². The molecule has 8 heteroatoms. The smallest absolute Gasteiger partial charge is 0.329 e. The summed E-state index contributed by atoms with van der Waals surface area (Å²) in [5.41, 5.74) is 0.273. The number of fused-ring (bicyclic) bond motifs is 1. The van der Waals surface area contributed by atoms with Crippen molar-refractivity contribution >= 4 is 22.5 Å². The lowest BCUT2D eigenvalue weighted by Gasteiger charge is -2.37. The molecule has 1 aromatic heterocycles. The van der Waals surface area contributed by atoms with Gasteiger partial charge in [-0.15, -0.1) is 0 Å². The minimum absolute atomic E-state index is 0.272. The van der Waals surface area contributed by atoms with Crippen LogP contribution < -0.4 is 16.1 Å². The Morgan fingerprint density at radius 2 is 1.66 bits per heavy atom. The quantitative estimate of drug-likeness (QED) is 0.732. The molecule has 1 saturated heterocycles. The molecular weight excluding hydrogens is 375 g/mol. The maximum Gasteiger partial charge on any atom is 0.329 e. The molecule has 0 spiro atoms. The van der Waals surface area contributed by atoms with E-state index in [0.29, 0.717) is 37.1 Å². The number of aromatic amines is 1. The van der Waals surface area contributed by atoms with Crippen molar-refractivity contribution in [3.05, 3.63) is 75.2 Å². The summed E-state index contributed by atoms with van der Waals surface area (Å²) in [6, 6.07) is 12.1. The lowest BCUT2D eigenvalue weighted by atomic mass is 10.2. The number of anilines is 1. The normalized spacial score (nSPS) is 15.5. The number of halogens is 1. The highest BCUT2D eigenvalue weighted by Gasteiger charge is 2.28. The topological polar surface area (TPSA) is 78.4 Å². The lowest BCUT2D eigenvalue weighted by Crippen LogP contribution is -2.52. The van der Waals surface area contributed by atoms with Gasteiger partial charge in [-0.25, -0.2) is 13.8 Å². The fourth-order valence-electron chi connectivity index (χ4n) is 3.74. The van der Waals surface area contributed by atoms with Crippen LogP contribution in [0.5, 0.6) is 0 Å². The van der Waals surface area contributed by atoms with Gasteiger partial charge in [0.05, 0.1) is 10.9 Å². The Balaban J connectivity index is 1.52. The van der Waals surface area contributed by atoms with Crippen LogP contribution in [0.15, 0.2) is 58.1 Å². The fraction of sp³-hybridized carbons (Fsp3) is 0.286. The zero-order chi connectivity index (χ0) is 20.5. The third kappa shape index (κ3) is 3.53. The molecular formula is C21H21FN4O3. The van der Waals surface area contributed by atoms with E-state index in [2.05, 4.69) is 9.88 Å². The van der Waals surface area contributed by atoms with E-state index in [4.69, 9.17) is 0 Å². The monoisotopic (exact) mass is 396 g/mol. The molecule has 7 nitrogen and oxygen atoms in total. The number of rotatable bonds is 3. The molecule has 1 unspecified atom stereocenters. The second-order valence-corrected chi connectivity index (χ2v) is 7.12. The van der Waals surface area contributed by atoms with Crippen LogP contribution in [-0.2, 0) is 4.79 Å². The Labute approximate surface area is 166 Å². The third-order valence-electron chi connectivity index (χ3n) is 5.36.